The highest BCUT2D eigenvalue weighted by Crippen LogP contribution is 2.19. The summed E-state index contributed by atoms with van der Waals surface area (Å²) in [5.74, 6) is 1.13. The van der Waals surface area contributed by atoms with Crippen LogP contribution in [0.4, 0.5) is 5.95 Å². The lowest BCUT2D eigenvalue weighted by molar-refractivity contribution is 0.0804. The fourth-order valence-corrected chi connectivity index (χ4v) is 2.05. The van der Waals surface area contributed by atoms with Gasteiger partial charge in [-0.2, -0.15) is 4.98 Å². The van der Waals surface area contributed by atoms with E-state index in [0.29, 0.717) is 18.4 Å². The first-order chi connectivity index (χ1) is 8.35. The van der Waals surface area contributed by atoms with Gasteiger partial charge in [0.15, 0.2) is 0 Å². The van der Waals surface area contributed by atoms with Crippen LogP contribution in [0.5, 0.6) is 0 Å². The number of anilines is 1. The van der Waals surface area contributed by atoms with Gasteiger partial charge in [0.25, 0.3) is 11.8 Å². The largest absolute Gasteiger partial charge is 0.370 e. The summed E-state index contributed by atoms with van der Waals surface area (Å²) in [7, 11) is 1.59. The third kappa shape index (κ3) is 2.95. The topological polar surface area (TPSA) is 77.4 Å². The Kier molecular flexibility index (Phi) is 4.33. The number of nitrogens with zero attached hydrogens (tertiary/aromatic N) is 3. The van der Waals surface area contributed by atoms with Crippen LogP contribution in [0.1, 0.15) is 37.7 Å². The highest BCUT2D eigenvalue weighted by molar-refractivity contribution is 5.27. The quantitative estimate of drug-likeness (QED) is 0.849. The maximum atomic E-state index is 5.56. The van der Waals surface area contributed by atoms with Crippen molar-refractivity contribution in [2.45, 2.75) is 31.8 Å². The lowest BCUT2D eigenvalue weighted by Gasteiger charge is -2.16. The molecule has 1 aliphatic rings. The fraction of sp³-hybridized carbons (Fsp3) is 0.818. The average Bonchev–Trinajstić information content (AvgIpc) is 2.67. The number of hydrogen-bond donors (Lipinski definition) is 1. The summed E-state index contributed by atoms with van der Waals surface area (Å²) in [6.07, 6.45) is 4.64. The summed E-state index contributed by atoms with van der Waals surface area (Å²) in [6, 6.07) is 0. The van der Waals surface area contributed by atoms with Crippen LogP contribution in [-0.4, -0.2) is 36.9 Å². The predicted molar refractivity (Wildman–Crippen MR) is 63.8 cm³/mol. The van der Waals surface area contributed by atoms with Crippen LogP contribution in [0.15, 0.2) is 4.52 Å². The zero-order chi connectivity index (χ0) is 12.1. The van der Waals surface area contributed by atoms with Crippen molar-refractivity contribution in [1.29, 1.82) is 0 Å². The third-order valence-electron chi connectivity index (χ3n) is 3.09. The fourth-order valence-electron chi connectivity index (χ4n) is 2.05. The van der Waals surface area contributed by atoms with Crippen LogP contribution in [0, 0.1) is 0 Å². The Morgan fingerprint density at radius 2 is 2.06 bits per heavy atom. The maximum absolute atomic E-state index is 5.56. The van der Waals surface area contributed by atoms with Crippen molar-refractivity contribution < 1.29 is 9.26 Å². The standard InChI is InChI=1S/C11H20N4O2/c1-16-9(8-12)10-13-11(14-17-10)15-6-4-2-3-5-7-15/h9H,2-8,12H2,1H3. The molecule has 0 aliphatic carbocycles. The number of rotatable bonds is 4. The molecule has 0 amide bonds. The minimum atomic E-state index is -0.303. The summed E-state index contributed by atoms with van der Waals surface area (Å²) in [5.41, 5.74) is 5.56. The second-order valence-electron chi connectivity index (χ2n) is 4.29. The van der Waals surface area contributed by atoms with Gasteiger partial charge >= 0.3 is 0 Å². The first kappa shape index (κ1) is 12.3. The number of nitrogens with two attached hydrogens (primary N) is 1. The second kappa shape index (κ2) is 5.97. The van der Waals surface area contributed by atoms with Crippen molar-refractivity contribution in [3.63, 3.8) is 0 Å². The van der Waals surface area contributed by atoms with Crippen LogP contribution < -0.4 is 10.6 Å². The van der Waals surface area contributed by atoms with Gasteiger partial charge in [-0.1, -0.05) is 12.8 Å². The van der Waals surface area contributed by atoms with Crippen molar-refractivity contribution in [2.75, 3.05) is 31.6 Å². The highest BCUT2D eigenvalue weighted by atomic mass is 16.5. The zero-order valence-electron chi connectivity index (χ0n) is 10.3. The number of hydrogen-bond acceptors (Lipinski definition) is 6. The van der Waals surface area contributed by atoms with Gasteiger partial charge < -0.3 is 19.9 Å². The number of aromatic nitrogens is 2. The number of methoxy groups -OCH3 is 1. The van der Waals surface area contributed by atoms with Gasteiger partial charge in [-0.25, -0.2) is 0 Å². The molecular formula is C11H20N4O2. The Morgan fingerprint density at radius 3 is 2.65 bits per heavy atom. The monoisotopic (exact) mass is 240 g/mol. The Bertz CT molecular complexity index is 330. The molecule has 1 aliphatic heterocycles. The summed E-state index contributed by atoms with van der Waals surface area (Å²) < 4.78 is 10.4. The van der Waals surface area contributed by atoms with Gasteiger partial charge in [0, 0.05) is 26.7 Å². The molecule has 6 nitrogen and oxygen atoms in total. The smallest absolute Gasteiger partial charge is 0.266 e. The summed E-state index contributed by atoms with van der Waals surface area (Å²) in [5, 5.41) is 4.00. The predicted octanol–water partition coefficient (Wildman–Crippen LogP) is 1.10. The van der Waals surface area contributed by atoms with Crippen LogP contribution in [0.2, 0.25) is 0 Å². The third-order valence-corrected chi connectivity index (χ3v) is 3.09. The van der Waals surface area contributed by atoms with E-state index in [9.17, 15) is 0 Å². The molecule has 1 unspecified atom stereocenters. The summed E-state index contributed by atoms with van der Waals surface area (Å²) in [6.45, 7) is 2.34. The molecule has 6 heteroatoms. The summed E-state index contributed by atoms with van der Waals surface area (Å²) >= 11 is 0. The first-order valence-electron chi connectivity index (χ1n) is 6.16. The van der Waals surface area contributed by atoms with Crippen molar-refractivity contribution in [3.05, 3.63) is 5.89 Å². The molecular weight excluding hydrogens is 220 g/mol. The minimum absolute atomic E-state index is 0.303. The average molecular weight is 240 g/mol. The van der Waals surface area contributed by atoms with Crippen LogP contribution in [0.3, 0.4) is 0 Å². The SMILES string of the molecule is COC(CN)c1nc(N2CCCCCC2)no1. The van der Waals surface area contributed by atoms with Gasteiger partial charge in [0.05, 0.1) is 0 Å². The van der Waals surface area contributed by atoms with E-state index in [1.54, 1.807) is 7.11 Å². The van der Waals surface area contributed by atoms with E-state index < -0.39 is 0 Å². The van der Waals surface area contributed by atoms with Crippen molar-refractivity contribution in [2.24, 2.45) is 5.73 Å². The normalized spacial score (nSPS) is 19.1. The molecule has 0 bridgehead atoms. The van der Waals surface area contributed by atoms with Crippen LogP contribution in [0.25, 0.3) is 0 Å². The molecule has 1 saturated heterocycles. The molecule has 17 heavy (non-hydrogen) atoms. The van der Waals surface area contributed by atoms with Gasteiger partial charge in [0.1, 0.15) is 6.10 Å². The van der Waals surface area contributed by atoms with Gasteiger partial charge in [-0.05, 0) is 18.0 Å². The Hall–Kier alpha value is -1.14. The van der Waals surface area contributed by atoms with Crippen LogP contribution in [-0.2, 0) is 4.74 Å². The molecule has 1 aromatic rings. The van der Waals surface area contributed by atoms with Gasteiger partial charge in [-0.3, -0.25) is 0 Å². The molecule has 0 radical (unpaired) electrons. The van der Waals surface area contributed by atoms with Crippen molar-refractivity contribution in [3.8, 4) is 0 Å². The second-order valence-corrected chi connectivity index (χ2v) is 4.29. The number of ether oxygens (including phenoxy) is 1. The van der Waals surface area contributed by atoms with Crippen molar-refractivity contribution >= 4 is 5.95 Å². The molecule has 1 aromatic heterocycles. The van der Waals surface area contributed by atoms with E-state index >= 15 is 0 Å². The lowest BCUT2D eigenvalue weighted by Crippen LogP contribution is -2.25. The molecule has 2 heterocycles. The molecule has 0 aromatic carbocycles. The van der Waals surface area contributed by atoms with E-state index in [1.807, 2.05) is 0 Å². The maximum Gasteiger partial charge on any atom is 0.266 e. The molecule has 2 N–H and O–H groups in total. The minimum Gasteiger partial charge on any atom is -0.370 e. The highest BCUT2D eigenvalue weighted by Gasteiger charge is 2.20. The molecule has 1 atom stereocenters. The van der Waals surface area contributed by atoms with Crippen LogP contribution >= 0.6 is 0 Å². The molecule has 0 saturated carbocycles. The van der Waals surface area contributed by atoms with Crippen molar-refractivity contribution in [1.82, 2.24) is 10.1 Å². The summed E-state index contributed by atoms with van der Waals surface area (Å²) in [4.78, 5) is 6.53. The molecule has 96 valence electrons. The van der Waals surface area contributed by atoms with E-state index in [4.69, 9.17) is 15.0 Å². The zero-order valence-corrected chi connectivity index (χ0v) is 10.3. The first-order valence-corrected chi connectivity index (χ1v) is 6.16. The van der Waals surface area contributed by atoms with Gasteiger partial charge in [0.2, 0.25) is 0 Å². The Labute approximate surface area is 101 Å². The Balaban J connectivity index is 2.05. The molecule has 0 spiro atoms. The van der Waals surface area contributed by atoms with Gasteiger partial charge in [-0.15, -0.1) is 0 Å². The van der Waals surface area contributed by atoms with E-state index in [0.717, 1.165) is 13.1 Å². The van der Waals surface area contributed by atoms with E-state index in [-0.39, 0.29) is 6.10 Å². The Morgan fingerprint density at radius 1 is 1.35 bits per heavy atom. The molecule has 1 fully saturated rings. The molecule has 2 rings (SSSR count). The van der Waals surface area contributed by atoms with E-state index in [1.165, 1.54) is 25.7 Å². The van der Waals surface area contributed by atoms with E-state index in [2.05, 4.69) is 15.0 Å². The lowest BCUT2D eigenvalue weighted by atomic mass is 10.2.